The molecule has 0 spiro atoms. The normalized spacial score (nSPS) is 16.2. The number of hydrogen-bond acceptors (Lipinski definition) is 4. The molecule has 0 radical (unpaired) electrons. The Balaban J connectivity index is 1.77. The van der Waals surface area contributed by atoms with Crippen molar-refractivity contribution < 1.29 is 0 Å². The average molecular weight is 294 g/mol. The second kappa shape index (κ2) is 5.40. The largest absolute Gasteiger partial charge is 0.366 e. The van der Waals surface area contributed by atoms with E-state index in [9.17, 15) is 4.79 Å². The zero-order chi connectivity index (χ0) is 14.9. The molecule has 0 atom stereocenters. The fourth-order valence-corrected chi connectivity index (χ4v) is 3.17. The zero-order valence-corrected chi connectivity index (χ0v) is 12.3. The summed E-state index contributed by atoms with van der Waals surface area (Å²) in [6.45, 7) is 0. The van der Waals surface area contributed by atoms with Crippen LogP contribution in [0.3, 0.4) is 0 Å². The van der Waals surface area contributed by atoms with Crippen molar-refractivity contribution in [1.29, 1.82) is 0 Å². The lowest BCUT2D eigenvalue weighted by molar-refractivity contribution is 0.461. The number of aromatic nitrogens is 3. The molecule has 1 aromatic carbocycles. The van der Waals surface area contributed by atoms with Crippen LogP contribution in [0.15, 0.2) is 41.2 Å². The van der Waals surface area contributed by atoms with Crippen molar-refractivity contribution in [3.63, 3.8) is 0 Å². The number of hydrogen-bond donors (Lipinski definition) is 1. The van der Waals surface area contributed by atoms with Gasteiger partial charge in [0.05, 0.1) is 10.9 Å². The van der Waals surface area contributed by atoms with Crippen LogP contribution in [0.25, 0.3) is 16.6 Å². The molecule has 1 saturated carbocycles. The van der Waals surface area contributed by atoms with Crippen molar-refractivity contribution in [2.75, 3.05) is 5.32 Å². The monoisotopic (exact) mass is 294 g/mol. The number of nitrogens with zero attached hydrogens (tertiary/aromatic N) is 3. The maximum Gasteiger partial charge on any atom is 0.282 e. The van der Waals surface area contributed by atoms with Gasteiger partial charge in [0.2, 0.25) is 0 Å². The summed E-state index contributed by atoms with van der Waals surface area (Å²) in [5.74, 6) is 0.749. The standard InChI is InChI=1S/C17H18N4O/c22-17-13-8-4-5-9-14(13)19-16-11-10-15(20-21(16)17)18-12-6-2-1-3-7-12/h4-5,8-12H,1-3,6-7H2,(H,18,20). The van der Waals surface area contributed by atoms with Gasteiger partial charge in [-0.05, 0) is 37.1 Å². The molecule has 5 heteroatoms. The molecule has 22 heavy (non-hydrogen) atoms. The molecule has 1 aliphatic rings. The van der Waals surface area contributed by atoms with Gasteiger partial charge in [-0.2, -0.15) is 4.52 Å². The van der Waals surface area contributed by atoms with E-state index in [2.05, 4.69) is 15.4 Å². The summed E-state index contributed by atoms with van der Waals surface area (Å²) in [7, 11) is 0. The van der Waals surface area contributed by atoms with E-state index in [0.717, 1.165) is 5.82 Å². The molecule has 5 nitrogen and oxygen atoms in total. The van der Waals surface area contributed by atoms with E-state index in [-0.39, 0.29) is 5.56 Å². The highest BCUT2D eigenvalue weighted by Gasteiger charge is 2.14. The lowest BCUT2D eigenvalue weighted by Crippen LogP contribution is -2.25. The van der Waals surface area contributed by atoms with Crippen molar-refractivity contribution in [1.82, 2.24) is 14.6 Å². The molecule has 0 unspecified atom stereocenters. The highest BCUT2D eigenvalue weighted by Crippen LogP contribution is 2.20. The van der Waals surface area contributed by atoms with Crippen LogP contribution >= 0.6 is 0 Å². The Bertz CT molecular complexity index is 881. The third-order valence-corrected chi connectivity index (χ3v) is 4.33. The second-order valence-electron chi connectivity index (χ2n) is 5.90. The molecule has 2 aromatic heterocycles. The molecular formula is C17H18N4O. The average Bonchev–Trinajstić information content (AvgIpc) is 2.57. The molecule has 0 aliphatic heterocycles. The Labute approximate surface area is 128 Å². The smallest absolute Gasteiger partial charge is 0.282 e. The van der Waals surface area contributed by atoms with Gasteiger partial charge in [-0.15, -0.1) is 5.10 Å². The molecule has 2 heterocycles. The summed E-state index contributed by atoms with van der Waals surface area (Å²) in [5.41, 5.74) is 1.17. The number of nitrogens with one attached hydrogen (secondary N) is 1. The van der Waals surface area contributed by atoms with Gasteiger partial charge >= 0.3 is 0 Å². The Morgan fingerprint density at radius 3 is 2.73 bits per heavy atom. The van der Waals surface area contributed by atoms with Gasteiger partial charge in [0.15, 0.2) is 5.65 Å². The zero-order valence-electron chi connectivity index (χ0n) is 12.3. The molecule has 4 rings (SSSR count). The van der Waals surface area contributed by atoms with E-state index < -0.39 is 0 Å². The lowest BCUT2D eigenvalue weighted by Gasteiger charge is -2.23. The molecule has 112 valence electrons. The van der Waals surface area contributed by atoms with Crippen molar-refractivity contribution in [2.24, 2.45) is 0 Å². The molecule has 0 amide bonds. The number of para-hydroxylation sites is 1. The van der Waals surface area contributed by atoms with Gasteiger partial charge in [-0.3, -0.25) is 4.79 Å². The van der Waals surface area contributed by atoms with Crippen LogP contribution in [-0.2, 0) is 0 Å². The van der Waals surface area contributed by atoms with Gasteiger partial charge < -0.3 is 5.32 Å². The maximum atomic E-state index is 12.6. The van der Waals surface area contributed by atoms with Crippen LogP contribution in [0.2, 0.25) is 0 Å². The molecule has 3 aromatic rings. The lowest BCUT2D eigenvalue weighted by atomic mass is 9.95. The minimum absolute atomic E-state index is 0.118. The Morgan fingerprint density at radius 1 is 1.05 bits per heavy atom. The SMILES string of the molecule is O=c1c2ccccc2nc2ccc(NC3CCCCC3)nn12. The van der Waals surface area contributed by atoms with Gasteiger partial charge in [-0.25, -0.2) is 4.98 Å². The summed E-state index contributed by atoms with van der Waals surface area (Å²) in [4.78, 5) is 17.1. The Kier molecular flexibility index (Phi) is 3.25. The summed E-state index contributed by atoms with van der Waals surface area (Å²) >= 11 is 0. The third kappa shape index (κ3) is 2.32. The molecule has 1 fully saturated rings. The van der Waals surface area contributed by atoms with E-state index in [1.807, 2.05) is 30.3 Å². The van der Waals surface area contributed by atoms with Crippen molar-refractivity contribution in [3.8, 4) is 0 Å². The van der Waals surface area contributed by atoms with Crippen LogP contribution < -0.4 is 10.9 Å². The van der Waals surface area contributed by atoms with Crippen LogP contribution in [0.4, 0.5) is 5.82 Å². The van der Waals surface area contributed by atoms with Crippen LogP contribution in [0.1, 0.15) is 32.1 Å². The molecule has 0 bridgehead atoms. The van der Waals surface area contributed by atoms with Crippen LogP contribution in [-0.4, -0.2) is 20.6 Å². The Hall–Kier alpha value is -2.43. The van der Waals surface area contributed by atoms with Gasteiger partial charge in [0.1, 0.15) is 5.82 Å². The number of anilines is 1. The highest BCUT2D eigenvalue weighted by molar-refractivity contribution is 5.79. The van der Waals surface area contributed by atoms with E-state index >= 15 is 0 Å². The minimum Gasteiger partial charge on any atom is -0.366 e. The first-order valence-electron chi connectivity index (χ1n) is 7.87. The van der Waals surface area contributed by atoms with Crippen molar-refractivity contribution in [2.45, 2.75) is 38.1 Å². The van der Waals surface area contributed by atoms with E-state index in [1.54, 1.807) is 6.07 Å². The third-order valence-electron chi connectivity index (χ3n) is 4.33. The van der Waals surface area contributed by atoms with Crippen molar-refractivity contribution >= 4 is 22.4 Å². The topological polar surface area (TPSA) is 59.3 Å². The molecular weight excluding hydrogens is 276 g/mol. The summed E-state index contributed by atoms with van der Waals surface area (Å²) in [6.07, 6.45) is 6.18. The Morgan fingerprint density at radius 2 is 1.86 bits per heavy atom. The first kappa shape index (κ1) is 13.2. The van der Waals surface area contributed by atoms with Gasteiger partial charge in [-0.1, -0.05) is 31.4 Å². The fourth-order valence-electron chi connectivity index (χ4n) is 3.17. The van der Waals surface area contributed by atoms with Gasteiger partial charge in [0, 0.05) is 6.04 Å². The van der Waals surface area contributed by atoms with E-state index in [4.69, 9.17) is 0 Å². The summed E-state index contributed by atoms with van der Waals surface area (Å²) < 4.78 is 1.40. The minimum atomic E-state index is -0.118. The maximum absolute atomic E-state index is 12.6. The fraction of sp³-hybridized carbons (Fsp3) is 0.353. The second-order valence-corrected chi connectivity index (χ2v) is 5.90. The summed E-state index contributed by atoms with van der Waals surface area (Å²) in [5, 5.41) is 8.50. The number of rotatable bonds is 2. The molecule has 0 saturated heterocycles. The van der Waals surface area contributed by atoms with Crippen LogP contribution in [0.5, 0.6) is 0 Å². The quantitative estimate of drug-likeness (QED) is 0.738. The number of benzene rings is 1. The summed E-state index contributed by atoms with van der Waals surface area (Å²) in [6, 6.07) is 11.6. The van der Waals surface area contributed by atoms with Crippen molar-refractivity contribution in [3.05, 3.63) is 46.8 Å². The first-order chi connectivity index (χ1) is 10.8. The van der Waals surface area contributed by atoms with Gasteiger partial charge in [0.25, 0.3) is 5.56 Å². The molecule has 1 N–H and O–H groups in total. The highest BCUT2D eigenvalue weighted by atomic mass is 16.1. The van der Waals surface area contributed by atoms with E-state index in [1.165, 1.54) is 36.6 Å². The predicted molar refractivity (Wildman–Crippen MR) is 87.3 cm³/mol. The van der Waals surface area contributed by atoms with E-state index in [0.29, 0.717) is 22.6 Å². The molecule has 1 aliphatic carbocycles. The first-order valence-corrected chi connectivity index (χ1v) is 7.87. The van der Waals surface area contributed by atoms with Crippen LogP contribution in [0, 0.1) is 0 Å². The number of fused-ring (bicyclic) bond motifs is 2. The predicted octanol–water partition coefficient (Wildman–Crippen LogP) is 2.99.